The van der Waals surface area contributed by atoms with Crippen LogP contribution in [0, 0.1) is 11.8 Å². The van der Waals surface area contributed by atoms with Crippen molar-refractivity contribution in [2.75, 3.05) is 0 Å². The summed E-state index contributed by atoms with van der Waals surface area (Å²) in [4.78, 5) is 0. The molecule has 0 fully saturated rings. The zero-order valence-electron chi connectivity index (χ0n) is 4.62. The van der Waals surface area contributed by atoms with Crippen LogP contribution in [0.5, 0.6) is 0 Å². The van der Waals surface area contributed by atoms with Gasteiger partial charge in [0, 0.05) is 11.8 Å². The maximum atomic E-state index is 2.24. The van der Waals surface area contributed by atoms with Crippen LogP contribution in [0.15, 0.2) is 36.5 Å². The van der Waals surface area contributed by atoms with Gasteiger partial charge in [0.2, 0.25) is 0 Å². The van der Waals surface area contributed by atoms with Crippen LogP contribution in [-0.4, -0.2) is 0 Å². The van der Waals surface area contributed by atoms with E-state index < -0.39 is 0 Å². The lowest BCUT2D eigenvalue weighted by molar-refractivity contribution is 0.603. The van der Waals surface area contributed by atoms with Gasteiger partial charge in [-0.25, -0.2) is 0 Å². The molecule has 0 aliphatic heterocycles. The summed E-state index contributed by atoms with van der Waals surface area (Å²) in [5.41, 5.74) is 0. The van der Waals surface area contributed by atoms with Gasteiger partial charge in [-0.1, -0.05) is 36.5 Å². The molecule has 0 N–H and O–H groups in total. The number of rotatable bonds is 0. The van der Waals surface area contributed by atoms with Crippen molar-refractivity contribution in [3.05, 3.63) is 36.5 Å². The van der Waals surface area contributed by atoms with Crippen LogP contribution in [0.1, 0.15) is 0 Å². The van der Waals surface area contributed by atoms with E-state index in [0.29, 0.717) is 0 Å². The Kier molecular flexibility index (Phi) is 0.696. The van der Waals surface area contributed by atoms with Gasteiger partial charge in [0.15, 0.2) is 0 Å². The second-order valence-electron chi connectivity index (χ2n) is 2.31. The first kappa shape index (κ1) is 4.13. The maximum Gasteiger partial charge on any atom is 0.00476 e. The van der Waals surface area contributed by atoms with E-state index >= 15 is 0 Å². The molecule has 0 bridgehead atoms. The van der Waals surface area contributed by atoms with E-state index in [1.807, 2.05) is 0 Å². The molecule has 0 nitrogen and oxygen atoms in total. The fraction of sp³-hybridized carbons (Fsp3) is 0.250. The Morgan fingerprint density at radius 3 is 1.38 bits per heavy atom. The first-order valence-electron chi connectivity index (χ1n) is 3.00. The standard InChI is InChI=1S/C8H8/c1-2-4-8-6-5-7(8)3-1/h1-8H. The van der Waals surface area contributed by atoms with E-state index in [4.69, 9.17) is 0 Å². The van der Waals surface area contributed by atoms with Crippen molar-refractivity contribution in [3.8, 4) is 0 Å². The van der Waals surface area contributed by atoms with E-state index in [2.05, 4.69) is 36.5 Å². The SMILES string of the molecule is C1=CC2C=CC2C=C1. The highest BCUT2D eigenvalue weighted by molar-refractivity contribution is 5.28. The quantitative estimate of drug-likeness (QED) is 0.412. The highest BCUT2D eigenvalue weighted by Gasteiger charge is 2.19. The Labute approximate surface area is 49.2 Å². The average Bonchev–Trinajstić information content (AvgIpc) is 1.72. The lowest BCUT2D eigenvalue weighted by atomic mass is 9.80. The Morgan fingerprint density at radius 2 is 1.12 bits per heavy atom. The smallest absolute Gasteiger partial charge is 0.00476 e. The molecular weight excluding hydrogens is 96.1 g/mol. The van der Waals surface area contributed by atoms with Crippen molar-refractivity contribution in [2.24, 2.45) is 11.8 Å². The fourth-order valence-corrected chi connectivity index (χ4v) is 1.14. The van der Waals surface area contributed by atoms with E-state index in [9.17, 15) is 0 Å². The molecule has 0 heterocycles. The Bertz CT molecular complexity index is 152. The maximum absolute atomic E-state index is 2.24. The molecule has 0 atom stereocenters. The summed E-state index contributed by atoms with van der Waals surface area (Å²) >= 11 is 0. The topological polar surface area (TPSA) is 0 Å². The minimum atomic E-state index is 0.736. The van der Waals surface area contributed by atoms with Crippen LogP contribution in [0.2, 0.25) is 0 Å². The Balaban J connectivity index is 2.32. The summed E-state index contributed by atoms with van der Waals surface area (Å²) in [5.74, 6) is 1.47. The van der Waals surface area contributed by atoms with Gasteiger partial charge >= 0.3 is 0 Å². The van der Waals surface area contributed by atoms with Gasteiger partial charge in [-0.05, 0) is 0 Å². The molecule has 0 aromatic carbocycles. The molecule has 0 radical (unpaired) electrons. The summed E-state index contributed by atoms with van der Waals surface area (Å²) in [6.07, 6.45) is 13.2. The number of fused-ring (bicyclic) bond motifs is 1. The predicted molar refractivity (Wildman–Crippen MR) is 34.4 cm³/mol. The molecule has 0 saturated heterocycles. The summed E-state index contributed by atoms with van der Waals surface area (Å²) in [5, 5.41) is 0. The van der Waals surface area contributed by atoms with Crippen LogP contribution < -0.4 is 0 Å². The molecule has 2 aliphatic carbocycles. The Morgan fingerprint density at radius 1 is 0.625 bits per heavy atom. The van der Waals surface area contributed by atoms with Crippen LogP contribution in [0.3, 0.4) is 0 Å². The molecule has 0 aromatic rings. The van der Waals surface area contributed by atoms with Gasteiger partial charge in [0.25, 0.3) is 0 Å². The summed E-state index contributed by atoms with van der Waals surface area (Å²) < 4.78 is 0. The third-order valence-electron chi connectivity index (χ3n) is 1.78. The summed E-state index contributed by atoms with van der Waals surface area (Å²) in [7, 11) is 0. The zero-order valence-corrected chi connectivity index (χ0v) is 4.62. The fourth-order valence-electron chi connectivity index (χ4n) is 1.14. The molecule has 0 saturated carbocycles. The van der Waals surface area contributed by atoms with Gasteiger partial charge in [-0.2, -0.15) is 0 Å². The summed E-state index contributed by atoms with van der Waals surface area (Å²) in [6, 6.07) is 0. The highest BCUT2D eigenvalue weighted by Crippen LogP contribution is 2.29. The van der Waals surface area contributed by atoms with Crippen LogP contribution >= 0.6 is 0 Å². The molecule has 0 spiro atoms. The van der Waals surface area contributed by atoms with Gasteiger partial charge in [-0.15, -0.1) is 0 Å². The van der Waals surface area contributed by atoms with Crippen molar-refractivity contribution in [2.45, 2.75) is 0 Å². The molecule has 0 unspecified atom stereocenters. The number of hydrogen-bond acceptors (Lipinski definition) is 0. The van der Waals surface area contributed by atoms with Gasteiger partial charge in [-0.3, -0.25) is 0 Å². The van der Waals surface area contributed by atoms with Crippen molar-refractivity contribution in [1.29, 1.82) is 0 Å². The lowest BCUT2D eigenvalue weighted by Crippen LogP contribution is -2.15. The normalized spacial score (nSPS) is 39.0. The second kappa shape index (κ2) is 1.35. The third kappa shape index (κ3) is 0.401. The Hall–Kier alpha value is -0.780. The van der Waals surface area contributed by atoms with Crippen molar-refractivity contribution < 1.29 is 0 Å². The third-order valence-corrected chi connectivity index (χ3v) is 1.78. The molecular formula is C8H8. The molecule has 0 amide bonds. The lowest BCUT2D eigenvalue weighted by Gasteiger charge is -2.25. The molecule has 2 rings (SSSR count). The average molecular weight is 104 g/mol. The first-order chi connectivity index (χ1) is 3.97. The van der Waals surface area contributed by atoms with Gasteiger partial charge in [0.1, 0.15) is 0 Å². The van der Waals surface area contributed by atoms with Crippen molar-refractivity contribution in [3.63, 3.8) is 0 Å². The molecule has 0 heteroatoms. The van der Waals surface area contributed by atoms with Crippen LogP contribution in [0.25, 0.3) is 0 Å². The molecule has 0 aromatic heterocycles. The zero-order chi connectivity index (χ0) is 5.40. The second-order valence-corrected chi connectivity index (χ2v) is 2.31. The van der Waals surface area contributed by atoms with E-state index in [1.165, 1.54) is 0 Å². The molecule has 2 aliphatic rings. The molecule has 40 valence electrons. The minimum Gasteiger partial charge on any atom is -0.0801 e. The largest absolute Gasteiger partial charge is 0.0801 e. The van der Waals surface area contributed by atoms with Gasteiger partial charge < -0.3 is 0 Å². The van der Waals surface area contributed by atoms with Crippen molar-refractivity contribution in [1.82, 2.24) is 0 Å². The predicted octanol–water partition coefficient (Wildman–Crippen LogP) is 1.91. The van der Waals surface area contributed by atoms with Gasteiger partial charge in [0.05, 0.1) is 0 Å². The monoisotopic (exact) mass is 104 g/mol. The highest BCUT2D eigenvalue weighted by atomic mass is 14.2. The summed E-state index contributed by atoms with van der Waals surface area (Å²) in [6.45, 7) is 0. The number of allylic oxidation sites excluding steroid dienone is 6. The van der Waals surface area contributed by atoms with Crippen molar-refractivity contribution >= 4 is 0 Å². The minimum absolute atomic E-state index is 0.736. The van der Waals surface area contributed by atoms with Crippen LogP contribution in [0.4, 0.5) is 0 Å². The van der Waals surface area contributed by atoms with E-state index in [-0.39, 0.29) is 0 Å². The van der Waals surface area contributed by atoms with E-state index in [1.54, 1.807) is 0 Å². The first-order valence-corrected chi connectivity index (χ1v) is 3.00. The van der Waals surface area contributed by atoms with Crippen LogP contribution in [-0.2, 0) is 0 Å². The number of hydrogen-bond donors (Lipinski definition) is 0. The van der Waals surface area contributed by atoms with E-state index in [0.717, 1.165) is 11.8 Å². The molecule has 8 heavy (non-hydrogen) atoms.